The molecule has 0 saturated heterocycles. The molecule has 3 aromatic carbocycles. The normalized spacial score (nSPS) is 12.0. The maximum absolute atomic E-state index is 13.5. The van der Waals surface area contributed by atoms with E-state index in [9.17, 15) is 13.2 Å². The molecule has 1 atom stereocenters. The minimum Gasteiger partial charge on any atom is -0.494 e. The van der Waals surface area contributed by atoms with Crippen LogP contribution in [-0.2, 0) is 14.8 Å². The summed E-state index contributed by atoms with van der Waals surface area (Å²) in [4.78, 5) is 18.9. The van der Waals surface area contributed by atoms with E-state index in [0.29, 0.717) is 17.4 Å². The lowest BCUT2D eigenvalue weighted by molar-refractivity contribution is -0.115. The lowest BCUT2D eigenvalue weighted by atomic mass is 10.1. The van der Waals surface area contributed by atoms with Crippen LogP contribution in [0.15, 0.2) is 111 Å². The number of thioether (sulfide) groups is 1. The zero-order valence-electron chi connectivity index (χ0n) is 21.3. The monoisotopic (exact) mass is 607 g/mol. The SMILES string of the molecule is CCOc1ccc(-c2csc(NC(=O)C(Sc3ccc(NS(=O)(=O)c4cccs4)cc3)c3ccccc3)n2)cc1. The van der Waals surface area contributed by atoms with Crippen LogP contribution in [0.5, 0.6) is 5.75 Å². The Hall–Kier alpha value is -3.64. The van der Waals surface area contributed by atoms with E-state index in [0.717, 1.165) is 38.8 Å². The number of benzene rings is 3. The number of aromatic nitrogens is 1. The predicted molar refractivity (Wildman–Crippen MR) is 164 cm³/mol. The van der Waals surface area contributed by atoms with Gasteiger partial charge in [-0.25, -0.2) is 13.4 Å². The second kappa shape index (κ2) is 12.7. The first-order valence-electron chi connectivity index (χ1n) is 12.3. The van der Waals surface area contributed by atoms with Gasteiger partial charge in [-0.3, -0.25) is 9.52 Å². The molecule has 2 aromatic heterocycles. The molecular formula is C29H25N3O4S4. The zero-order valence-corrected chi connectivity index (χ0v) is 24.6. The van der Waals surface area contributed by atoms with Crippen LogP contribution in [0, 0.1) is 0 Å². The Bertz CT molecular complexity index is 1650. The lowest BCUT2D eigenvalue weighted by Crippen LogP contribution is -2.19. The van der Waals surface area contributed by atoms with E-state index in [4.69, 9.17) is 4.74 Å². The van der Waals surface area contributed by atoms with Gasteiger partial charge in [-0.15, -0.1) is 34.4 Å². The fourth-order valence-electron chi connectivity index (χ4n) is 3.78. The van der Waals surface area contributed by atoms with Gasteiger partial charge in [0.05, 0.1) is 12.3 Å². The van der Waals surface area contributed by atoms with E-state index in [1.54, 1.807) is 41.8 Å². The molecule has 0 spiro atoms. The molecule has 0 fully saturated rings. The molecule has 0 aliphatic carbocycles. The van der Waals surface area contributed by atoms with Crippen molar-refractivity contribution >= 4 is 61.2 Å². The number of carbonyl (C=O) groups excluding carboxylic acids is 1. The molecule has 1 unspecified atom stereocenters. The van der Waals surface area contributed by atoms with E-state index in [1.807, 2.05) is 66.9 Å². The molecule has 2 N–H and O–H groups in total. The third-order valence-corrected chi connectivity index (χ3v) is 10.5. The highest BCUT2D eigenvalue weighted by Crippen LogP contribution is 2.37. The summed E-state index contributed by atoms with van der Waals surface area (Å²) in [7, 11) is -3.63. The summed E-state index contributed by atoms with van der Waals surface area (Å²) in [5.74, 6) is 0.594. The molecule has 1 amide bonds. The van der Waals surface area contributed by atoms with E-state index in [-0.39, 0.29) is 10.1 Å². The van der Waals surface area contributed by atoms with Crippen LogP contribution in [0.1, 0.15) is 17.7 Å². The second-order valence-electron chi connectivity index (χ2n) is 8.46. The van der Waals surface area contributed by atoms with Gasteiger partial charge >= 0.3 is 0 Å². The maximum atomic E-state index is 13.5. The summed E-state index contributed by atoms with van der Waals surface area (Å²) in [6.45, 7) is 2.54. The van der Waals surface area contributed by atoms with Crippen molar-refractivity contribution in [2.24, 2.45) is 0 Å². The van der Waals surface area contributed by atoms with Crippen LogP contribution in [0.3, 0.4) is 0 Å². The highest BCUT2D eigenvalue weighted by Gasteiger charge is 2.23. The fourth-order valence-corrected chi connectivity index (χ4v) is 7.58. The number of thiophene rings is 1. The Morgan fingerprint density at radius 1 is 0.950 bits per heavy atom. The first-order valence-corrected chi connectivity index (χ1v) is 16.4. The molecule has 0 bridgehead atoms. The van der Waals surface area contributed by atoms with Crippen LogP contribution in [0.25, 0.3) is 11.3 Å². The van der Waals surface area contributed by atoms with E-state index in [1.165, 1.54) is 23.1 Å². The van der Waals surface area contributed by atoms with Crippen LogP contribution >= 0.6 is 34.4 Å². The van der Waals surface area contributed by atoms with Gasteiger partial charge in [0.15, 0.2) is 5.13 Å². The number of anilines is 2. The van der Waals surface area contributed by atoms with E-state index < -0.39 is 15.3 Å². The van der Waals surface area contributed by atoms with Crippen molar-refractivity contribution in [3.63, 3.8) is 0 Å². The van der Waals surface area contributed by atoms with Gasteiger partial charge in [-0.05, 0) is 72.5 Å². The first kappa shape index (κ1) is 27.9. The minimum atomic E-state index is -3.63. The van der Waals surface area contributed by atoms with Gasteiger partial charge in [0, 0.05) is 21.5 Å². The summed E-state index contributed by atoms with van der Waals surface area (Å²) in [6, 6.07) is 27.4. The maximum Gasteiger partial charge on any atom is 0.271 e. The third kappa shape index (κ3) is 6.92. The Morgan fingerprint density at radius 3 is 2.38 bits per heavy atom. The van der Waals surface area contributed by atoms with Crippen LogP contribution in [0.2, 0.25) is 0 Å². The number of thiazole rings is 1. The molecular weight excluding hydrogens is 583 g/mol. The first-order chi connectivity index (χ1) is 19.4. The topological polar surface area (TPSA) is 97.4 Å². The zero-order chi connectivity index (χ0) is 28.0. The van der Waals surface area contributed by atoms with Gasteiger partial charge in [-0.1, -0.05) is 36.4 Å². The average molecular weight is 608 g/mol. The van der Waals surface area contributed by atoms with E-state index >= 15 is 0 Å². The molecule has 5 aromatic rings. The molecule has 0 saturated carbocycles. The number of carbonyl (C=O) groups is 1. The number of hydrogen-bond acceptors (Lipinski definition) is 8. The Balaban J connectivity index is 1.30. The van der Waals surface area contributed by atoms with Gasteiger partial charge in [0.1, 0.15) is 15.2 Å². The van der Waals surface area contributed by atoms with Crippen molar-refractivity contribution in [1.29, 1.82) is 0 Å². The van der Waals surface area contributed by atoms with Gasteiger partial charge in [0.25, 0.3) is 10.0 Å². The number of hydrogen-bond donors (Lipinski definition) is 2. The standard InChI is InChI=1S/C29H25N3O4S4/c1-2-36-23-14-10-20(11-15-23)25-19-38-29(30-25)31-28(33)27(21-7-4-3-5-8-21)39-24-16-12-22(13-17-24)32-40(34,35)26-9-6-18-37-26/h3-19,27,32H,2H2,1H3,(H,30,31,33). The average Bonchev–Trinajstić information content (AvgIpc) is 3.67. The van der Waals surface area contributed by atoms with Crippen molar-refractivity contribution in [1.82, 2.24) is 4.98 Å². The molecule has 0 aliphatic heterocycles. The number of rotatable bonds is 11. The fraction of sp³-hybridized carbons (Fsp3) is 0.103. The van der Waals surface area contributed by atoms with Crippen molar-refractivity contribution in [3.8, 4) is 17.0 Å². The molecule has 11 heteroatoms. The summed E-state index contributed by atoms with van der Waals surface area (Å²) >= 11 is 3.90. The smallest absolute Gasteiger partial charge is 0.271 e. The highest BCUT2D eigenvalue weighted by atomic mass is 32.2. The number of ether oxygens (including phenoxy) is 1. The highest BCUT2D eigenvalue weighted by molar-refractivity contribution is 8.00. The summed E-state index contributed by atoms with van der Waals surface area (Å²) in [6.07, 6.45) is 0. The predicted octanol–water partition coefficient (Wildman–Crippen LogP) is 7.54. The van der Waals surface area contributed by atoms with Crippen LogP contribution in [-0.4, -0.2) is 25.9 Å². The molecule has 0 radical (unpaired) electrons. The van der Waals surface area contributed by atoms with Crippen LogP contribution in [0.4, 0.5) is 10.8 Å². The Labute approximate surface area is 245 Å². The van der Waals surface area contributed by atoms with Crippen molar-refractivity contribution < 1.29 is 17.9 Å². The second-order valence-corrected chi connectivity index (χ2v) is 13.3. The Morgan fingerprint density at radius 2 is 1.70 bits per heavy atom. The molecule has 7 nitrogen and oxygen atoms in total. The van der Waals surface area contributed by atoms with E-state index in [2.05, 4.69) is 15.0 Å². The molecule has 5 rings (SSSR count). The van der Waals surface area contributed by atoms with Crippen molar-refractivity contribution in [3.05, 3.63) is 107 Å². The van der Waals surface area contributed by atoms with Crippen molar-refractivity contribution in [2.75, 3.05) is 16.6 Å². The quantitative estimate of drug-likeness (QED) is 0.151. The Kier molecular flexibility index (Phi) is 8.85. The van der Waals surface area contributed by atoms with Crippen molar-refractivity contribution in [2.45, 2.75) is 21.3 Å². The summed E-state index contributed by atoms with van der Waals surface area (Å²) in [5, 5.41) is 6.56. The number of sulfonamides is 1. The largest absolute Gasteiger partial charge is 0.494 e. The molecule has 204 valence electrons. The molecule has 2 heterocycles. The molecule has 40 heavy (non-hydrogen) atoms. The molecule has 0 aliphatic rings. The lowest BCUT2D eigenvalue weighted by Gasteiger charge is -2.16. The minimum absolute atomic E-state index is 0.203. The summed E-state index contributed by atoms with van der Waals surface area (Å²) < 4.78 is 33.4. The van der Waals surface area contributed by atoms with Gasteiger partial charge in [0.2, 0.25) is 5.91 Å². The summed E-state index contributed by atoms with van der Waals surface area (Å²) in [5.41, 5.74) is 3.00. The number of nitrogens with one attached hydrogen (secondary N) is 2. The van der Waals surface area contributed by atoms with Gasteiger partial charge in [-0.2, -0.15) is 0 Å². The third-order valence-electron chi connectivity index (χ3n) is 5.66. The van der Waals surface area contributed by atoms with Gasteiger partial charge < -0.3 is 10.1 Å². The number of amides is 1. The number of nitrogens with zero attached hydrogens (tertiary/aromatic N) is 1. The van der Waals surface area contributed by atoms with Crippen LogP contribution < -0.4 is 14.8 Å².